The highest BCUT2D eigenvalue weighted by Gasteiger charge is 2.19. The summed E-state index contributed by atoms with van der Waals surface area (Å²) in [5.74, 6) is 0.809. The van der Waals surface area contributed by atoms with Gasteiger partial charge in [0, 0.05) is 53.9 Å². The van der Waals surface area contributed by atoms with Crippen LogP contribution >= 0.6 is 0 Å². The first-order valence-corrected chi connectivity index (χ1v) is 8.20. The first kappa shape index (κ1) is 15.5. The van der Waals surface area contributed by atoms with Crippen molar-refractivity contribution in [3.8, 4) is 11.3 Å². The van der Waals surface area contributed by atoms with E-state index in [-0.39, 0.29) is 11.7 Å². The summed E-state index contributed by atoms with van der Waals surface area (Å²) in [7, 11) is 0. The molecular weight excluding hydrogens is 320 g/mol. The highest BCUT2D eigenvalue weighted by Crippen LogP contribution is 2.31. The number of anilines is 1. The van der Waals surface area contributed by atoms with Gasteiger partial charge < -0.3 is 15.6 Å². The van der Waals surface area contributed by atoms with Crippen LogP contribution < -0.4 is 10.6 Å². The van der Waals surface area contributed by atoms with Crippen molar-refractivity contribution in [2.75, 3.05) is 18.0 Å². The van der Waals surface area contributed by atoms with Gasteiger partial charge in [-0.05, 0) is 18.9 Å². The SMILES string of the molecule is NC1CCN(c2cncc(-c3c[nH]c4ccc([N+](=O)[O-])cc34)n2)CC1. The lowest BCUT2D eigenvalue weighted by atomic mass is 10.1. The number of benzene rings is 1. The third-order valence-electron chi connectivity index (χ3n) is 4.64. The zero-order valence-corrected chi connectivity index (χ0v) is 13.6. The predicted octanol–water partition coefficient (Wildman–Crippen LogP) is 2.46. The molecule has 0 spiro atoms. The Kier molecular flexibility index (Phi) is 3.81. The summed E-state index contributed by atoms with van der Waals surface area (Å²) in [5.41, 5.74) is 8.35. The second-order valence-electron chi connectivity index (χ2n) is 6.28. The van der Waals surface area contributed by atoms with E-state index in [9.17, 15) is 10.1 Å². The molecule has 0 saturated carbocycles. The van der Waals surface area contributed by atoms with Crippen LogP contribution in [0, 0.1) is 10.1 Å². The van der Waals surface area contributed by atoms with E-state index in [0.29, 0.717) is 5.69 Å². The van der Waals surface area contributed by atoms with Gasteiger partial charge in [-0.1, -0.05) is 0 Å². The smallest absolute Gasteiger partial charge is 0.270 e. The van der Waals surface area contributed by atoms with Crippen molar-refractivity contribution in [2.45, 2.75) is 18.9 Å². The van der Waals surface area contributed by atoms with Crippen LogP contribution in [0.25, 0.3) is 22.2 Å². The number of nitro benzene ring substituents is 1. The third-order valence-corrected chi connectivity index (χ3v) is 4.64. The van der Waals surface area contributed by atoms with Crippen molar-refractivity contribution < 1.29 is 4.92 Å². The molecule has 0 unspecified atom stereocenters. The molecule has 1 saturated heterocycles. The van der Waals surface area contributed by atoms with Gasteiger partial charge in [0.1, 0.15) is 5.82 Å². The van der Waals surface area contributed by atoms with Gasteiger partial charge in [-0.3, -0.25) is 15.1 Å². The van der Waals surface area contributed by atoms with Crippen molar-refractivity contribution >= 4 is 22.4 Å². The van der Waals surface area contributed by atoms with Crippen LogP contribution in [0.1, 0.15) is 12.8 Å². The molecule has 1 aliphatic rings. The molecule has 2 aromatic heterocycles. The molecule has 128 valence electrons. The molecule has 25 heavy (non-hydrogen) atoms. The van der Waals surface area contributed by atoms with Crippen LogP contribution in [-0.4, -0.2) is 39.0 Å². The molecule has 0 bridgehead atoms. The number of nitrogens with one attached hydrogen (secondary N) is 1. The summed E-state index contributed by atoms with van der Waals surface area (Å²) in [6, 6.07) is 5.01. The summed E-state index contributed by atoms with van der Waals surface area (Å²) in [5, 5.41) is 11.8. The predicted molar refractivity (Wildman–Crippen MR) is 95.4 cm³/mol. The minimum Gasteiger partial charge on any atom is -0.360 e. The summed E-state index contributed by atoms with van der Waals surface area (Å²) in [6.45, 7) is 1.72. The lowest BCUT2D eigenvalue weighted by molar-refractivity contribution is -0.384. The van der Waals surface area contributed by atoms with Crippen LogP contribution in [0.2, 0.25) is 0 Å². The monoisotopic (exact) mass is 338 g/mol. The van der Waals surface area contributed by atoms with Gasteiger partial charge in [-0.2, -0.15) is 0 Å². The number of hydrogen-bond donors (Lipinski definition) is 2. The number of nitro groups is 1. The van der Waals surface area contributed by atoms with E-state index in [1.165, 1.54) is 6.07 Å². The average molecular weight is 338 g/mol. The van der Waals surface area contributed by atoms with E-state index in [0.717, 1.165) is 48.2 Å². The fourth-order valence-corrected chi connectivity index (χ4v) is 3.20. The number of nitrogens with zero attached hydrogens (tertiary/aromatic N) is 4. The number of aromatic nitrogens is 3. The van der Waals surface area contributed by atoms with E-state index in [1.54, 1.807) is 24.5 Å². The van der Waals surface area contributed by atoms with Gasteiger partial charge >= 0.3 is 0 Å². The van der Waals surface area contributed by atoms with Gasteiger partial charge in [0.15, 0.2) is 0 Å². The molecule has 8 nitrogen and oxygen atoms in total. The van der Waals surface area contributed by atoms with Gasteiger partial charge in [-0.15, -0.1) is 0 Å². The number of non-ortho nitro benzene ring substituents is 1. The Bertz CT molecular complexity index is 930. The fourth-order valence-electron chi connectivity index (χ4n) is 3.20. The maximum absolute atomic E-state index is 11.1. The maximum Gasteiger partial charge on any atom is 0.270 e. The third kappa shape index (κ3) is 2.91. The van der Waals surface area contributed by atoms with E-state index in [1.807, 2.05) is 6.20 Å². The summed E-state index contributed by atoms with van der Waals surface area (Å²) >= 11 is 0. The van der Waals surface area contributed by atoms with Gasteiger partial charge in [0.05, 0.1) is 23.0 Å². The summed E-state index contributed by atoms with van der Waals surface area (Å²) < 4.78 is 0. The van der Waals surface area contributed by atoms with Crippen LogP contribution in [0.4, 0.5) is 11.5 Å². The van der Waals surface area contributed by atoms with E-state index < -0.39 is 4.92 Å². The molecule has 0 aliphatic carbocycles. The highest BCUT2D eigenvalue weighted by atomic mass is 16.6. The summed E-state index contributed by atoms with van der Waals surface area (Å²) in [6.07, 6.45) is 7.11. The molecule has 3 aromatic rings. The molecule has 1 aliphatic heterocycles. The second-order valence-corrected chi connectivity index (χ2v) is 6.28. The fraction of sp³-hybridized carbons (Fsp3) is 0.294. The maximum atomic E-state index is 11.1. The van der Waals surface area contributed by atoms with E-state index in [4.69, 9.17) is 10.7 Å². The van der Waals surface area contributed by atoms with Gasteiger partial charge in [0.2, 0.25) is 0 Å². The van der Waals surface area contributed by atoms with E-state index >= 15 is 0 Å². The highest BCUT2D eigenvalue weighted by molar-refractivity contribution is 5.95. The Morgan fingerprint density at radius 2 is 2.08 bits per heavy atom. The molecule has 3 N–H and O–H groups in total. The Morgan fingerprint density at radius 1 is 1.28 bits per heavy atom. The van der Waals surface area contributed by atoms with E-state index in [2.05, 4.69) is 14.9 Å². The van der Waals surface area contributed by atoms with Crippen molar-refractivity contribution in [1.29, 1.82) is 0 Å². The minimum absolute atomic E-state index is 0.0579. The lowest BCUT2D eigenvalue weighted by Gasteiger charge is -2.30. The first-order chi connectivity index (χ1) is 12.1. The number of nitrogens with two attached hydrogens (primary N) is 1. The number of aromatic amines is 1. The molecule has 0 amide bonds. The number of fused-ring (bicyclic) bond motifs is 1. The van der Waals surface area contributed by atoms with Crippen LogP contribution in [0.5, 0.6) is 0 Å². The topological polar surface area (TPSA) is 114 Å². The molecule has 0 atom stereocenters. The quantitative estimate of drug-likeness (QED) is 0.560. The van der Waals surface area contributed by atoms with Crippen LogP contribution in [-0.2, 0) is 0 Å². The first-order valence-electron chi connectivity index (χ1n) is 8.20. The Labute approximate surface area is 143 Å². The number of piperidine rings is 1. The average Bonchev–Trinajstić information content (AvgIpc) is 3.05. The molecule has 4 rings (SSSR count). The Morgan fingerprint density at radius 3 is 2.84 bits per heavy atom. The normalized spacial score (nSPS) is 15.6. The Hall–Kier alpha value is -3.00. The van der Waals surface area contributed by atoms with Gasteiger partial charge in [0.25, 0.3) is 5.69 Å². The lowest BCUT2D eigenvalue weighted by Crippen LogP contribution is -2.40. The van der Waals surface area contributed by atoms with Crippen molar-refractivity contribution in [3.63, 3.8) is 0 Å². The van der Waals surface area contributed by atoms with Crippen LogP contribution in [0.3, 0.4) is 0 Å². The van der Waals surface area contributed by atoms with Crippen molar-refractivity contribution in [1.82, 2.24) is 15.0 Å². The molecular formula is C17H18N6O2. The molecule has 3 heterocycles. The second kappa shape index (κ2) is 6.14. The molecule has 0 radical (unpaired) electrons. The zero-order valence-electron chi connectivity index (χ0n) is 13.6. The molecule has 1 aromatic carbocycles. The van der Waals surface area contributed by atoms with Crippen LogP contribution in [0.15, 0.2) is 36.8 Å². The minimum atomic E-state index is -0.394. The number of H-pyrrole nitrogens is 1. The molecule has 1 fully saturated rings. The van der Waals surface area contributed by atoms with Crippen molar-refractivity contribution in [3.05, 3.63) is 46.9 Å². The zero-order chi connectivity index (χ0) is 17.4. The number of hydrogen-bond acceptors (Lipinski definition) is 6. The summed E-state index contributed by atoms with van der Waals surface area (Å²) in [4.78, 5) is 25.0. The number of rotatable bonds is 3. The molecule has 8 heteroatoms. The Balaban J connectivity index is 1.72. The van der Waals surface area contributed by atoms with Crippen molar-refractivity contribution in [2.24, 2.45) is 5.73 Å². The van der Waals surface area contributed by atoms with Gasteiger partial charge in [-0.25, -0.2) is 4.98 Å². The standard InChI is InChI=1S/C17H18N6O2/c18-11-3-5-22(6-4-11)17-10-19-9-16(21-17)14-8-20-15-2-1-12(23(24)25)7-13(14)15/h1-2,7-11,20H,3-6,18H2. The largest absolute Gasteiger partial charge is 0.360 e.